The van der Waals surface area contributed by atoms with E-state index in [9.17, 15) is 13.5 Å². The van der Waals surface area contributed by atoms with Crippen molar-refractivity contribution >= 4 is 21.2 Å². The Kier molecular flexibility index (Phi) is 2.45. The largest absolute Gasteiger partial charge is 0.508 e. The summed E-state index contributed by atoms with van der Waals surface area (Å²) < 4.78 is 34.2. The molecule has 2 aromatic rings. The summed E-state index contributed by atoms with van der Waals surface area (Å²) in [4.78, 5) is 0. The van der Waals surface area contributed by atoms with Crippen LogP contribution in [-0.2, 0) is 10.4 Å². The number of phenolic OH excluding ortho intramolecular Hbond substituents is 1. The van der Waals surface area contributed by atoms with Gasteiger partial charge in [-0.05, 0) is 11.5 Å². The average molecular weight is 240 g/mol. The van der Waals surface area contributed by atoms with Gasteiger partial charge in [-0.25, -0.2) is 0 Å². The molecule has 5 nitrogen and oxygen atoms in total. The fraction of sp³-hybridized carbons (Fsp3) is 0. The number of benzene rings is 2. The van der Waals surface area contributed by atoms with Gasteiger partial charge in [0.05, 0.1) is 0 Å². The van der Waals surface area contributed by atoms with Crippen LogP contribution in [0.1, 0.15) is 0 Å². The van der Waals surface area contributed by atoms with Crippen molar-refractivity contribution in [3.8, 4) is 11.5 Å². The van der Waals surface area contributed by atoms with Crippen LogP contribution in [0.15, 0.2) is 36.4 Å². The molecule has 0 aliphatic heterocycles. The van der Waals surface area contributed by atoms with Crippen molar-refractivity contribution in [2.75, 3.05) is 0 Å². The van der Waals surface area contributed by atoms with Crippen molar-refractivity contribution in [3.63, 3.8) is 0 Å². The van der Waals surface area contributed by atoms with Crippen molar-refractivity contribution in [2.24, 2.45) is 0 Å². The summed E-state index contributed by atoms with van der Waals surface area (Å²) in [5, 5.41) is 10.4. The number of hydrogen-bond donors (Lipinski definition) is 2. The van der Waals surface area contributed by atoms with E-state index in [1.807, 2.05) is 0 Å². The maximum atomic E-state index is 10.6. The Balaban J connectivity index is 2.68. The van der Waals surface area contributed by atoms with E-state index >= 15 is 0 Å². The van der Waals surface area contributed by atoms with E-state index in [-0.39, 0.29) is 11.5 Å². The smallest absolute Gasteiger partial charge is 0.446 e. The van der Waals surface area contributed by atoms with Crippen LogP contribution in [0, 0.1) is 0 Å². The molecule has 0 fully saturated rings. The number of fused-ring (bicyclic) bond motifs is 1. The Hall–Kier alpha value is -1.79. The molecule has 0 amide bonds. The van der Waals surface area contributed by atoms with Gasteiger partial charge >= 0.3 is 10.4 Å². The minimum Gasteiger partial charge on any atom is -0.508 e. The predicted octanol–water partition coefficient (Wildman–Crippen LogP) is 1.73. The maximum Gasteiger partial charge on any atom is 0.446 e. The second-order valence-corrected chi connectivity index (χ2v) is 4.20. The molecule has 6 heteroatoms. The quantitative estimate of drug-likeness (QED) is 0.781. The fourth-order valence-corrected chi connectivity index (χ4v) is 1.81. The van der Waals surface area contributed by atoms with Crippen LogP contribution < -0.4 is 4.18 Å². The fourth-order valence-electron chi connectivity index (χ4n) is 1.44. The van der Waals surface area contributed by atoms with Gasteiger partial charge in [0.1, 0.15) is 5.75 Å². The molecule has 2 rings (SSSR count). The minimum atomic E-state index is -4.60. The van der Waals surface area contributed by atoms with Crippen LogP contribution in [0.25, 0.3) is 10.8 Å². The SMILES string of the molecule is O=S(=O)(O)Oc1cc(O)cc2ccccc12. The zero-order valence-corrected chi connectivity index (χ0v) is 8.81. The van der Waals surface area contributed by atoms with E-state index in [1.165, 1.54) is 6.07 Å². The van der Waals surface area contributed by atoms with E-state index in [0.717, 1.165) is 6.07 Å². The van der Waals surface area contributed by atoms with Crippen LogP contribution in [0.4, 0.5) is 0 Å². The maximum absolute atomic E-state index is 10.6. The zero-order valence-electron chi connectivity index (χ0n) is 7.99. The molecule has 0 spiro atoms. The van der Waals surface area contributed by atoms with Gasteiger partial charge in [0.25, 0.3) is 0 Å². The van der Waals surface area contributed by atoms with Crippen LogP contribution in [-0.4, -0.2) is 18.1 Å². The first kappa shape index (κ1) is 10.7. The Morgan fingerprint density at radius 1 is 1.12 bits per heavy atom. The molecule has 0 bridgehead atoms. The van der Waals surface area contributed by atoms with Gasteiger partial charge in [-0.2, -0.15) is 8.42 Å². The highest BCUT2D eigenvalue weighted by Crippen LogP contribution is 2.31. The zero-order chi connectivity index (χ0) is 11.8. The van der Waals surface area contributed by atoms with Crippen LogP contribution >= 0.6 is 0 Å². The molecule has 0 unspecified atom stereocenters. The lowest BCUT2D eigenvalue weighted by molar-refractivity contribution is 0.387. The lowest BCUT2D eigenvalue weighted by Gasteiger charge is -2.06. The van der Waals surface area contributed by atoms with Crippen LogP contribution in [0.5, 0.6) is 11.5 Å². The lowest BCUT2D eigenvalue weighted by atomic mass is 10.1. The van der Waals surface area contributed by atoms with Crippen LogP contribution in [0.2, 0.25) is 0 Å². The van der Waals surface area contributed by atoms with Crippen molar-refractivity contribution in [1.82, 2.24) is 0 Å². The van der Waals surface area contributed by atoms with Gasteiger partial charge in [0.15, 0.2) is 5.75 Å². The first-order valence-electron chi connectivity index (χ1n) is 4.34. The summed E-state index contributed by atoms with van der Waals surface area (Å²) in [7, 11) is -4.60. The highest BCUT2D eigenvalue weighted by atomic mass is 32.3. The van der Waals surface area contributed by atoms with Crippen molar-refractivity contribution < 1.29 is 22.3 Å². The summed E-state index contributed by atoms with van der Waals surface area (Å²) >= 11 is 0. The van der Waals surface area contributed by atoms with E-state index < -0.39 is 10.4 Å². The second kappa shape index (κ2) is 3.66. The molecule has 0 heterocycles. The van der Waals surface area contributed by atoms with Crippen molar-refractivity contribution in [1.29, 1.82) is 0 Å². The van der Waals surface area contributed by atoms with E-state index in [4.69, 9.17) is 4.55 Å². The minimum absolute atomic E-state index is 0.113. The molecule has 0 saturated carbocycles. The summed E-state index contributed by atoms with van der Waals surface area (Å²) in [6.07, 6.45) is 0. The normalized spacial score (nSPS) is 11.6. The molecule has 0 atom stereocenters. The number of rotatable bonds is 2. The Morgan fingerprint density at radius 2 is 1.81 bits per heavy atom. The van der Waals surface area contributed by atoms with Gasteiger partial charge in [0, 0.05) is 11.5 Å². The van der Waals surface area contributed by atoms with E-state index in [2.05, 4.69) is 4.18 Å². The number of hydrogen-bond acceptors (Lipinski definition) is 4. The number of phenols is 1. The topological polar surface area (TPSA) is 83.8 Å². The second-order valence-electron chi connectivity index (χ2n) is 3.18. The highest BCUT2D eigenvalue weighted by Gasteiger charge is 2.11. The summed E-state index contributed by atoms with van der Waals surface area (Å²) in [5.74, 6) is -0.254. The van der Waals surface area contributed by atoms with Gasteiger partial charge in [-0.1, -0.05) is 24.3 Å². The summed E-state index contributed by atoms with van der Waals surface area (Å²) in [6.45, 7) is 0. The molecule has 0 aliphatic rings. The predicted molar refractivity (Wildman–Crippen MR) is 57.8 cm³/mol. The standard InChI is InChI=1S/C10H8O5S/c11-8-5-7-3-1-2-4-9(7)10(6-8)15-16(12,13)14/h1-6,11H,(H,12,13,14). The van der Waals surface area contributed by atoms with Gasteiger partial charge < -0.3 is 9.29 Å². The monoisotopic (exact) mass is 240 g/mol. The first-order chi connectivity index (χ1) is 7.46. The van der Waals surface area contributed by atoms with E-state index in [1.54, 1.807) is 24.3 Å². The van der Waals surface area contributed by atoms with Gasteiger partial charge in [-0.3, -0.25) is 4.55 Å². The first-order valence-corrected chi connectivity index (χ1v) is 5.71. The molecule has 16 heavy (non-hydrogen) atoms. The van der Waals surface area contributed by atoms with Gasteiger partial charge in [0.2, 0.25) is 0 Å². The van der Waals surface area contributed by atoms with Crippen molar-refractivity contribution in [2.45, 2.75) is 0 Å². The van der Waals surface area contributed by atoms with Gasteiger partial charge in [-0.15, -0.1) is 0 Å². The molecular weight excluding hydrogens is 232 g/mol. The Labute approximate surface area is 91.9 Å². The summed E-state index contributed by atoms with van der Waals surface area (Å²) in [6, 6.07) is 9.32. The molecule has 0 aliphatic carbocycles. The third kappa shape index (κ3) is 2.23. The number of aromatic hydroxyl groups is 1. The molecule has 2 N–H and O–H groups in total. The highest BCUT2D eigenvalue weighted by molar-refractivity contribution is 7.81. The third-order valence-corrected chi connectivity index (χ3v) is 2.39. The van der Waals surface area contributed by atoms with Crippen LogP contribution in [0.3, 0.4) is 0 Å². The summed E-state index contributed by atoms with van der Waals surface area (Å²) in [5.41, 5.74) is 0. The third-order valence-electron chi connectivity index (χ3n) is 2.00. The molecule has 0 saturated heterocycles. The molecule has 0 aromatic heterocycles. The van der Waals surface area contributed by atoms with E-state index in [0.29, 0.717) is 10.8 Å². The molecular formula is C10H8O5S. The molecule has 0 radical (unpaired) electrons. The Morgan fingerprint density at radius 3 is 2.50 bits per heavy atom. The molecule has 2 aromatic carbocycles. The average Bonchev–Trinajstić information content (AvgIpc) is 2.14. The molecule has 84 valence electrons. The Bertz CT molecular complexity index is 633. The van der Waals surface area contributed by atoms with Crippen molar-refractivity contribution in [3.05, 3.63) is 36.4 Å². The lowest BCUT2D eigenvalue weighted by Crippen LogP contribution is -2.06.